The van der Waals surface area contributed by atoms with Gasteiger partial charge in [-0.25, -0.2) is 24.3 Å². The van der Waals surface area contributed by atoms with Crippen molar-refractivity contribution in [2.75, 3.05) is 5.32 Å². The molecule has 0 radical (unpaired) electrons. The summed E-state index contributed by atoms with van der Waals surface area (Å²) in [5.41, 5.74) is 3.15. The number of aliphatic hydroxyl groups is 2. The normalized spacial score (nSPS) is 12.9. The first-order valence-corrected chi connectivity index (χ1v) is 13.9. The summed E-state index contributed by atoms with van der Waals surface area (Å²) in [5.74, 6) is 0.258. The predicted molar refractivity (Wildman–Crippen MR) is 162 cm³/mol. The first kappa shape index (κ1) is 29.4. The number of rotatable bonds is 7. The smallest absolute Gasteiger partial charge is 0.159 e. The van der Waals surface area contributed by atoms with E-state index in [1.807, 2.05) is 32.0 Å². The maximum Gasteiger partial charge on any atom is 0.159 e. The number of hydrogen-bond donors (Lipinski definition) is 3. The number of anilines is 1. The number of hydrogen-bond acceptors (Lipinski definition) is 8. The first-order valence-electron chi connectivity index (χ1n) is 13.5. The van der Waals surface area contributed by atoms with Gasteiger partial charge in [0.2, 0.25) is 0 Å². The Balaban J connectivity index is 1.51. The molecule has 0 aliphatic heterocycles. The van der Waals surface area contributed by atoms with Crippen LogP contribution in [0.5, 0.6) is 0 Å². The molecule has 42 heavy (non-hydrogen) atoms. The molecule has 0 bridgehead atoms. The zero-order valence-electron chi connectivity index (χ0n) is 24.2. The van der Waals surface area contributed by atoms with Gasteiger partial charge in [-0.05, 0) is 76.9 Å². The van der Waals surface area contributed by atoms with Crippen LogP contribution in [0.4, 0.5) is 10.1 Å². The average molecular weight is 587 g/mol. The van der Waals surface area contributed by atoms with Crippen LogP contribution in [0.1, 0.15) is 63.6 Å². The largest absolute Gasteiger partial charge is 0.382 e. The van der Waals surface area contributed by atoms with Crippen LogP contribution in [0.15, 0.2) is 61.2 Å². The first-order chi connectivity index (χ1) is 19.7. The number of halogens is 2. The van der Waals surface area contributed by atoms with E-state index in [0.29, 0.717) is 39.2 Å². The van der Waals surface area contributed by atoms with Crippen LogP contribution in [0.25, 0.3) is 33.2 Å². The van der Waals surface area contributed by atoms with Crippen molar-refractivity contribution in [1.29, 1.82) is 0 Å². The number of aromatic nitrogens is 5. The standard InChI is InChI=1S/C32H32ClFN6O2/c1-17(23-11-19(7-9-25(23)34)21-13-35-29(36-14-21)31(3,4)41)40-28-24-12-20(8-10-26(24)39-18(2)27(28)33)22-15-37-30(38-16-22)32(5,6)42/h7-17,41-42H,1-6H3,(H,39,40). The highest BCUT2D eigenvalue weighted by atomic mass is 35.5. The minimum absolute atomic E-state index is 0.303. The van der Waals surface area contributed by atoms with Gasteiger partial charge in [-0.1, -0.05) is 23.7 Å². The van der Waals surface area contributed by atoms with Crippen molar-refractivity contribution in [3.8, 4) is 22.3 Å². The number of benzene rings is 2. The Morgan fingerprint density at radius 3 is 1.81 bits per heavy atom. The third-order valence-electron chi connectivity index (χ3n) is 6.98. The number of aryl methyl sites for hydroxylation is 1. The van der Waals surface area contributed by atoms with Gasteiger partial charge in [-0.2, -0.15) is 0 Å². The quantitative estimate of drug-likeness (QED) is 0.189. The summed E-state index contributed by atoms with van der Waals surface area (Å²) < 4.78 is 15.2. The van der Waals surface area contributed by atoms with Crippen molar-refractivity contribution in [3.63, 3.8) is 0 Å². The van der Waals surface area contributed by atoms with Gasteiger partial charge in [0.1, 0.15) is 17.0 Å². The highest BCUT2D eigenvalue weighted by Gasteiger charge is 2.22. The Labute approximate surface area is 248 Å². The lowest BCUT2D eigenvalue weighted by atomic mass is 10.00. The molecule has 2 aromatic carbocycles. The maximum absolute atomic E-state index is 15.2. The molecule has 8 nitrogen and oxygen atoms in total. The summed E-state index contributed by atoms with van der Waals surface area (Å²) in [6, 6.07) is 10.1. The molecule has 10 heteroatoms. The SMILES string of the molecule is Cc1nc2ccc(-c3cnc(C(C)(C)O)nc3)cc2c(NC(C)c2cc(-c3cnc(C(C)(C)O)nc3)ccc2F)c1Cl. The predicted octanol–water partition coefficient (Wildman–Crippen LogP) is 6.88. The second kappa shape index (κ2) is 11.0. The van der Waals surface area contributed by atoms with E-state index in [1.54, 1.807) is 64.6 Å². The van der Waals surface area contributed by atoms with E-state index < -0.39 is 17.2 Å². The molecule has 3 heterocycles. The lowest BCUT2D eigenvalue weighted by Crippen LogP contribution is -2.19. The Hall–Kier alpha value is -4.05. The molecule has 0 saturated heterocycles. The molecule has 0 amide bonds. The summed E-state index contributed by atoms with van der Waals surface area (Å²) in [6.07, 6.45) is 6.56. The van der Waals surface area contributed by atoms with Crippen molar-refractivity contribution in [3.05, 3.63) is 94.9 Å². The lowest BCUT2D eigenvalue weighted by molar-refractivity contribution is 0.0682. The molecular formula is C32H32ClFN6O2. The van der Waals surface area contributed by atoms with E-state index in [1.165, 1.54) is 6.07 Å². The van der Waals surface area contributed by atoms with Gasteiger partial charge in [0, 0.05) is 46.9 Å². The molecule has 5 aromatic rings. The van der Waals surface area contributed by atoms with Crippen LogP contribution in [0, 0.1) is 12.7 Å². The Morgan fingerprint density at radius 2 is 1.29 bits per heavy atom. The van der Waals surface area contributed by atoms with Crippen LogP contribution in [-0.4, -0.2) is 35.1 Å². The third kappa shape index (κ3) is 5.94. The minimum Gasteiger partial charge on any atom is -0.382 e. The molecule has 5 rings (SSSR count). The number of pyridine rings is 1. The van der Waals surface area contributed by atoms with Gasteiger partial charge in [0.05, 0.1) is 28.0 Å². The van der Waals surface area contributed by atoms with E-state index in [0.717, 1.165) is 27.6 Å². The van der Waals surface area contributed by atoms with Crippen LogP contribution in [0.3, 0.4) is 0 Å². The zero-order valence-corrected chi connectivity index (χ0v) is 25.0. The summed E-state index contributed by atoms with van der Waals surface area (Å²) in [5, 5.41) is 25.0. The van der Waals surface area contributed by atoms with Gasteiger partial charge >= 0.3 is 0 Å². The highest BCUT2D eigenvalue weighted by Crippen LogP contribution is 2.38. The Morgan fingerprint density at radius 1 is 0.786 bits per heavy atom. The van der Waals surface area contributed by atoms with Gasteiger partial charge in [0.15, 0.2) is 11.6 Å². The monoisotopic (exact) mass is 586 g/mol. The Bertz CT molecular complexity index is 1760. The molecule has 216 valence electrons. The fraction of sp³-hybridized carbons (Fsp3) is 0.281. The molecule has 0 saturated carbocycles. The van der Waals surface area contributed by atoms with Crippen molar-refractivity contribution in [1.82, 2.24) is 24.9 Å². The van der Waals surface area contributed by atoms with Gasteiger partial charge in [0.25, 0.3) is 0 Å². The second-order valence-electron chi connectivity index (χ2n) is 11.4. The fourth-order valence-corrected chi connectivity index (χ4v) is 4.82. The molecule has 0 aliphatic carbocycles. The maximum atomic E-state index is 15.2. The van der Waals surface area contributed by atoms with Crippen molar-refractivity contribution < 1.29 is 14.6 Å². The molecule has 1 unspecified atom stereocenters. The molecular weight excluding hydrogens is 555 g/mol. The lowest BCUT2D eigenvalue weighted by Gasteiger charge is -2.21. The summed E-state index contributed by atoms with van der Waals surface area (Å²) in [6.45, 7) is 10.2. The third-order valence-corrected chi connectivity index (χ3v) is 7.44. The molecule has 3 aromatic heterocycles. The van der Waals surface area contributed by atoms with E-state index >= 15 is 4.39 Å². The van der Waals surface area contributed by atoms with Crippen LogP contribution < -0.4 is 5.32 Å². The van der Waals surface area contributed by atoms with E-state index in [4.69, 9.17) is 11.6 Å². The average Bonchev–Trinajstić information content (AvgIpc) is 2.94. The number of fused-ring (bicyclic) bond motifs is 1. The van der Waals surface area contributed by atoms with Crippen molar-refractivity contribution >= 4 is 28.2 Å². The number of nitrogens with zero attached hydrogens (tertiary/aromatic N) is 5. The van der Waals surface area contributed by atoms with E-state index in [-0.39, 0.29) is 5.82 Å². The number of nitrogens with one attached hydrogen (secondary N) is 1. The van der Waals surface area contributed by atoms with E-state index in [2.05, 4.69) is 30.2 Å². The summed E-state index contributed by atoms with van der Waals surface area (Å²) in [4.78, 5) is 21.9. The van der Waals surface area contributed by atoms with E-state index in [9.17, 15) is 10.2 Å². The van der Waals surface area contributed by atoms with Crippen LogP contribution in [0.2, 0.25) is 5.02 Å². The topological polar surface area (TPSA) is 117 Å². The summed E-state index contributed by atoms with van der Waals surface area (Å²) >= 11 is 6.78. The molecule has 0 spiro atoms. The molecule has 0 fully saturated rings. The Kier molecular flexibility index (Phi) is 7.70. The van der Waals surface area contributed by atoms with Crippen molar-refractivity contribution in [2.45, 2.75) is 58.8 Å². The molecule has 3 N–H and O–H groups in total. The van der Waals surface area contributed by atoms with Crippen LogP contribution >= 0.6 is 11.6 Å². The van der Waals surface area contributed by atoms with Crippen molar-refractivity contribution in [2.24, 2.45) is 0 Å². The van der Waals surface area contributed by atoms with Gasteiger partial charge in [-0.3, -0.25) is 4.98 Å². The zero-order chi connectivity index (χ0) is 30.4. The molecule has 0 aliphatic rings. The van der Waals surface area contributed by atoms with Gasteiger partial charge < -0.3 is 15.5 Å². The highest BCUT2D eigenvalue weighted by molar-refractivity contribution is 6.35. The van der Waals surface area contributed by atoms with Crippen LogP contribution in [-0.2, 0) is 11.2 Å². The summed E-state index contributed by atoms with van der Waals surface area (Å²) in [7, 11) is 0. The second-order valence-corrected chi connectivity index (χ2v) is 11.8. The fourth-order valence-electron chi connectivity index (χ4n) is 4.62. The van der Waals surface area contributed by atoms with Gasteiger partial charge in [-0.15, -0.1) is 0 Å². The minimum atomic E-state index is -1.16. The molecule has 1 atom stereocenters.